The van der Waals surface area contributed by atoms with Crippen molar-refractivity contribution in [3.05, 3.63) is 47.6 Å². The number of hydrogen-bond acceptors (Lipinski definition) is 5. The average molecular weight is 273 g/mol. The topological polar surface area (TPSA) is 77.8 Å². The first kappa shape index (κ1) is 11.7. The van der Waals surface area contributed by atoms with Crippen molar-refractivity contribution in [1.29, 1.82) is 0 Å². The van der Waals surface area contributed by atoms with Crippen molar-refractivity contribution >= 4 is 17.3 Å². The first-order valence-electron chi connectivity index (χ1n) is 5.54. The van der Waals surface area contributed by atoms with Crippen LogP contribution in [0, 0.1) is 0 Å². The van der Waals surface area contributed by atoms with Crippen molar-refractivity contribution in [2.24, 2.45) is 0 Å². The Morgan fingerprint density at radius 1 is 1.11 bits per heavy atom. The van der Waals surface area contributed by atoms with Gasteiger partial charge in [-0.2, -0.15) is 4.98 Å². The number of rotatable bonds is 2. The van der Waals surface area contributed by atoms with Gasteiger partial charge < -0.3 is 10.3 Å². The first-order valence-corrected chi connectivity index (χ1v) is 5.92. The monoisotopic (exact) mass is 272 g/mol. The summed E-state index contributed by atoms with van der Waals surface area (Å²) in [5, 5.41) is 4.46. The minimum atomic E-state index is 0.329. The van der Waals surface area contributed by atoms with Gasteiger partial charge in [0.2, 0.25) is 5.82 Å². The Labute approximate surface area is 114 Å². The van der Waals surface area contributed by atoms with Gasteiger partial charge in [0.15, 0.2) is 0 Å². The summed E-state index contributed by atoms with van der Waals surface area (Å²) >= 11 is 5.78. The van der Waals surface area contributed by atoms with Gasteiger partial charge in [0.25, 0.3) is 5.89 Å². The molecule has 6 heteroatoms. The fourth-order valence-electron chi connectivity index (χ4n) is 1.64. The fraction of sp³-hybridized carbons (Fsp3) is 0. The highest BCUT2D eigenvalue weighted by atomic mass is 35.5. The second-order valence-corrected chi connectivity index (χ2v) is 4.31. The molecule has 2 aromatic heterocycles. The summed E-state index contributed by atoms with van der Waals surface area (Å²) in [5.41, 5.74) is 7.76. The quantitative estimate of drug-likeness (QED) is 0.726. The van der Waals surface area contributed by atoms with Crippen molar-refractivity contribution in [2.75, 3.05) is 5.73 Å². The van der Waals surface area contributed by atoms with E-state index in [9.17, 15) is 0 Å². The number of pyridine rings is 1. The normalized spacial score (nSPS) is 10.6. The van der Waals surface area contributed by atoms with E-state index in [0.29, 0.717) is 28.1 Å². The highest BCUT2D eigenvalue weighted by Gasteiger charge is 2.13. The van der Waals surface area contributed by atoms with Gasteiger partial charge >= 0.3 is 0 Å². The minimum Gasteiger partial charge on any atom is -0.398 e. The smallest absolute Gasteiger partial charge is 0.276 e. The maximum absolute atomic E-state index is 5.87. The zero-order valence-corrected chi connectivity index (χ0v) is 10.5. The van der Waals surface area contributed by atoms with E-state index >= 15 is 0 Å². The molecule has 0 bridgehead atoms. The number of hydrogen-bond donors (Lipinski definition) is 1. The lowest BCUT2D eigenvalue weighted by Gasteiger charge is -1.98. The van der Waals surface area contributed by atoms with Crippen molar-refractivity contribution in [2.45, 2.75) is 0 Å². The Kier molecular flexibility index (Phi) is 2.89. The van der Waals surface area contributed by atoms with E-state index in [-0.39, 0.29) is 0 Å². The fourth-order valence-corrected chi connectivity index (χ4v) is 1.75. The molecule has 0 fully saturated rings. The van der Waals surface area contributed by atoms with Crippen molar-refractivity contribution < 1.29 is 4.52 Å². The van der Waals surface area contributed by atoms with E-state index in [2.05, 4.69) is 15.1 Å². The molecule has 0 saturated carbocycles. The molecular formula is C13H9ClN4O. The second kappa shape index (κ2) is 4.70. The SMILES string of the molecule is Nc1ccccc1-c1noc(-c2ccc(Cl)cn2)n1. The van der Waals surface area contributed by atoms with Crippen LogP contribution < -0.4 is 5.73 Å². The van der Waals surface area contributed by atoms with Gasteiger partial charge in [-0.05, 0) is 24.3 Å². The summed E-state index contributed by atoms with van der Waals surface area (Å²) in [7, 11) is 0. The van der Waals surface area contributed by atoms with Gasteiger partial charge in [0, 0.05) is 17.4 Å². The highest BCUT2D eigenvalue weighted by Crippen LogP contribution is 2.25. The molecule has 3 rings (SSSR count). The number of nitrogens with zero attached hydrogens (tertiary/aromatic N) is 3. The lowest BCUT2D eigenvalue weighted by molar-refractivity contribution is 0.431. The molecule has 0 aliphatic rings. The van der Waals surface area contributed by atoms with Gasteiger partial charge in [-0.3, -0.25) is 0 Å². The predicted octanol–water partition coefficient (Wildman–Crippen LogP) is 3.03. The lowest BCUT2D eigenvalue weighted by atomic mass is 10.2. The maximum Gasteiger partial charge on any atom is 0.276 e. The largest absolute Gasteiger partial charge is 0.398 e. The summed E-state index contributed by atoms with van der Waals surface area (Å²) in [4.78, 5) is 8.40. The van der Waals surface area contributed by atoms with E-state index in [0.717, 1.165) is 5.56 Å². The number of anilines is 1. The third-order valence-corrected chi connectivity index (χ3v) is 2.80. The molecule has 0 aliphatic heterocycles. The van der Waals surface area contributed by atoms with Crippen LogP contribution in [0.1, 0.15) is 0 Å². The number of nitrogen functional groups attached to an aromatic ring is 1. The molecule has 19 heavy (non-hydrogen) atoms. The molecule has 0 unspecified atom stereocenters. The molecule has 0 radical (unpaired) electrons. The Morgan fingerprint density at radius 2 is 1.95 bits per heavy atom. The molecule has 0 spiro atoms. The van der Waals surface area contributed by atoms with E-state index in [1.165, 1.54) is 6.20 Å². The van der Waals surface area contributed by atoms with Crippen molar-refractivity contribution in [3.8, 4) is 23.0 Å². The molecule has 2 heterocycles. The standard InChI is InChI=1S/C13H9ClN4O/c14-8-5-6-11(16-7-8)13-17-12(18-19-13)9-3-1-2-4-10(9)15/h1-7H,15H2. The third-order valence-electron chi connectivity index (χ3n) is 2.57. The van der Waals surface area contributed by atoms with E-state index < -0.39 is 0 Å². The molecule has 94 valence electrons. The third kappa shape index (κ3) is 2.28. The summed E-state index contributed by atoms with van der Waals surface area (Å²) in [6, 6.07) is 10.8. The molecule has 0 aliphatic carbocycles. The first-order chi connectivity index (χ1) is 9.24. The molecule has 0 amide bonds. The Bertz CT molecular complexity index is 709. The van der Waals surface area contributed by atoms with Crippen LogP contribution in [0.5, 0.6) is 0 Å². The summed E-state index contributed by atoms with van der Waals surface area (Å²) in [6.45, 7) is 0. The zero-order valence-electron chi connectivity index (χ0n) is 9.75. The Balaban J connectivity index is 2.00. The zero-order chi connectivity index (χ0) is 13.2. The van der Waals surface area contributed by atoms with E-state index in [1.54, 1.807) is 18.2 Å². The van der Waals surface area contributed by atoms with Crippen LogP contribution in [-0.4, -0.2) is 15.1 Å². The van der Waals surface area contributed by atoms with Crippen LogP contribution >= 0.6 is 11.6 Å². The van der Waals surface area contributed by atoms with Gasteiger partial charge in [-0.25, -0.2) is 4.98 Å². The summed E-state index contributed by atoms with van der Waals surface area (Å²) in [5.74, 6) is 0.764. The Morgan fingerprint density at radius 3 is 2.68 bits per heavy atom. The summed E-state index contributed by atoms with van der Waals surface area (Å²) < 4.78 is 5.18. The average Bonchev–Trinajstić information content (AvgIpc) is 2.89. The highest BCUT2D eigenvalue weighted by molar-refractivity contribution is 6.30. The van der Waals surface area contributed by atoms with Gasteiger partial charge in [-0.15, -0.1) is 0 Å². The number of aromatic nitrogens is 3. The molecule has 0 saturated heterocycles. The van der Waals surface area contributed by atoms with Crippen LogP contribution in [0.2, 0.25) is 5.02 Å². The molecule has 0 atom stereocenters. The molecule has 5 nitrogen and oxygen atoms in total. The minimum absolute atomic E-state index is 0.329. The van der Waals surface area contributed by atoms with Gasteiger partial charge in [0.05, 0.1) is 5.02 Å². The van der Waals surface area contributed by atoms with E-state index in [4.69, 9.17) is 21.9 Å². The maximum atomic E-state index is 5.87. The second-order valence-electron chi connectivity index (χ2n) is 3.87. The molecular weight excluding hydrogens is 264 g/mol. The molecule has 2 N–H and O–H groups in total. The lowest BCUT2D eigenvalue weighted by Crippen LogP contribution is -1.90. The van der Waals surface area contributed by atoms with Crippen LogP contribution in [0.4, 0.5) is 5.69 Å². The number of nitrogens with two attached hydrogens (primary N) is 1. The van der Waals surface area contributed by atoms with Crippen molar-refractivity contribution in [1.82, 2.24) is 15.1 Å². The number of benzene rings is 1. The summed E-state index contributed by atoms with van der Waals surface area (Å²) in [6.07, 6.45) is 1.53. The Hall–Kier alpha value is -2.40. The van der Waals surface area contributed by atoms with Gasteiger partial charge in [0.1, 0.15) is 5.69 Å². The van der Waals surface area contributed by atoms with E-state index in [1.807, 2.05) is 18.2 Å². The predicted molar refractivity (Wildman–Crippen MR) is 72.4 cm³/mol. The number of para-hydroxylation sites is 1. The molecule has 1 aromatic carbocycles. The van der Waals surface area contributed by atoms with Crippen LogP contribution in [0.15, 0.2) is 47.1 Å². The van der Waals surface area contributed by atoms with Crippen molar-refractivity contribution in [3.63, 3.8) is 0 Å². The van der Waals surface area contributed by atoms with Crippen LogP contribution in [0.25, 0.3) is 23.0 Å². The number of halogens is 1. The van der Waals surface area contributed by atoms with Gasteiger partial charge in [-0.1, -0.05) is 28.9 Å². The van der Waals surface area contributed by atoms with Crippen LogP contribution in [-0.2, 0) is 0 Å². The van der Waals surface area contributed by atoms with Crippen LogP contribution in [0.3, 0.4) is 0 Å². The molecule has 3 aromatic rings.